The summed E-state index contributed by atoms with van der Waals surface area (Å²) in [5, 5.41) is 0.964. The quantitative estimate of drug-likeness (QED) is 0.648. The lowest BCUT2D eigenvalue weighted by Crippen LogP contribution is -2.35. The van der Waals surface area contributed by atoms with E-state index in [0.717, 1.165) is 23.2 Å². The molecule has 0 atom stereocenters. The summed E-state index contributed by atoms with van der Waals surface area (Å²) in [6.45, 7) is 1.29. The number of carbonyl (C=O) groups excluding carboxylic acids is 1. The van der Waals surface area contributed by atoms with Crippen LogP contribution in [0, 0.1) is 5.92 Å². The maximum atomic E-state index is 13.2. The lowest BCUT2D eigenvalue weighted by Gasteiger charge is -2.29. The molecule has 0 unspecified atom stereocenters. The fourth-order valence-electron chi connectivity index (χ4n) is 3.83. The Balaban J connectivity index is 1.58. The average Bonchev–Trinajstić information content (AvgIpc) is 3.13. The van der Waals surface area contributed by atoms with Crippen LogP contribution in [0.1, 0.15) is 48.4 Å². The second-order valence-corrected chi connectivity index (χ2v) is 7.16. The highest BCUT2D eigenvalue weighted by Gasteiger charge is 2.24. The molecular formula is C22H24N2O2. The Morgan fingerprint density at radius 2 is 1.88 bits per heavy atom. The van der Waals surface area contributed by atoms with E-state index >= 15 is 0 Å². The molecule has 4 heteroatoms. The van der Waals surface area contributed by atoms with Gasteiger partial charge in [0.25, 0.3) is 5.91 Å². The molecule has 3 aromatic rings. The van der Waals surface area contributed by atoms with Crippen molar-refractivity contribution < 1.29 is 9.21 Å². The highest BCUT2D eigenvalue weighted by atomic mass is 16.3. The van der Waals surface area contributed by atoms with Gasteiger partial charge in [-0.2, -0.15) is 0 Å². The zero-order valence-electron chi connectivity index (χ0n) is 14.9. The second-order valence-electron chi connectivity index (χ2n) is 7.16. The molecule has 1 aliphatic rings. The molecule has 26 heavy (non-hydrogen) atoms. The van der Waals surface area contributed by atoms with E-state index in [1.165, 1.54) is 32.1 Å². The average molecular weight is 348 g/mol. The number of amides is 1. The zero-order valence-corrected chi connectivity index (χ0v) is 14.9. The Kier molecular flexibility index (Phi) is 5.00. The van der Waals surface area contributed by atoms with E-state index in [2.05, 4.69) is 4.98 Å². The Bertz CT molecular complexity index is 833. The van der Waals surface area contributed by atoms with Crippen LogP contribution in [0.5, 0.6) is 0 Å². The lowest BCUT2D eigenvalue weighted by molar-refractivity contribution is 0.0667. The number of carbonyl (C=O) groups is 1. The third kappa shape index (κ3) is 3.79. The third-order valence-electron chi connectivity index (χ3n) is 5.21. The van der Waals surface area contributed by atoms with Crippen molar-refractivity contribution in [1.82, 2.24) is 9.88 Å². The summed E-state index contributed by atoms with van der Waals surface area (Å²) in [5.74, 6) is 0.941. The number of fused-ring (bicyclic) bond motifs is 1. The van der Waals surface area contributed by atoms with Crippen LogP contribution >= 0.6 is 0 Å². The van der Waals surface area contributed by atoms with E-state index in [0.29, 0.717) is 18.2 Å². The highest BCUT2D eigenvalue weighted by molar-refractivity contribution is 5.96. The fourth-order valence-corrected chi connectivity index (χ4v) is 3.83. The first-order chi connectivity index (χ1) is 12.8. The molecule has 2 heterocycles. The van der Waals surface area contributed by atoms with Gasteiger partial charge in [0, 0.05) is 18.1 Å². The van der Waals surface area contributed by atoms with E-state index in [1.807, 2.05) is 53.4 Å². The number of para-hydroxylation sites is 1. The van der Waals surface area contributed by atoms with E-state index in [1.54, 1.807) is 6.20 Å². The van der Waals surface area contributed by atoms with Gasteiger partial charge in [0.05, 0.1) is 12.2 Å². The normalized spacial score (nSPS) is 15.2. The summed E-state index contributed by atoms with van der Waals surface area (Å²) in [5.41, 5.74) is 1.67. The smallest absolute Gasteiger partial charge is 0.289 e. The molecule has 1 saturated carbocycles. The predicted octanol–water partition coefficient (Wildman–Crippen LogP) is 5.05. The van der Waals surface area contributed by atoms with Crippen molar-refractivity contribution in [2.24, 2.45) is 5.92 Å². The number of benzene rings is 1. The minimum absolute atomic E-state index is 0.0440. The second kappa shape index (κ2) is 7.73. The minimum Gasteiger partial charge on any atom is -0.451 e. The molecule has 1 fully saturated rings. The summed E-state index contributed by atoms with van der Waals surface area (Å²) in [7, 11) is 0. The van der Waals surface area contributed by atoms with Gasteiger partial charge in [-0.3, -0.25) is 9.78 Å². The SMILES string of the molecule is O=C(c1cc2ccccc2o1)N(Cc1ccccn1)CC1CCCCC1. The third-order valence-corrected chi connectivity index (χ3v) is 5.21. The first-order valence-corrected chi connectivity index (χ1v) is 9.47. The number of pyridine rings is 1. The van der Waals surface area contributed by atoms with E-state index < -0.39 is 0 Å². The first kappa shape index (κ1) is 16.8. The Morgan fingerprint density at radius 3 is 2.65 bits per heavy atom. The molecular weight excluding hydrogens is 324 g/mol. The molecule has 1 aromatic carbocycles. The summed E-state index contributed by atoms with van der Waals surface area (Å²) in [6, 6.07) is 15.4. The number of nitrogens with zero attached hydrogens (tertiary/aromatic N) is 2. The standard InChI is InChI=1S/C22H24N2O2/c25-22(21-14-18-10-4-5-12-20(18)26-21)24(15-17-8-2-1-3-9-17)16-19-11-6-7-13-23-19/h4-7,10-14,17H,1-3,8-9,15-16H2. The van der Waals surface area contributed by atoms with E-state index in [-0.39, 0.29) is 5.91 Å². The molecule has 2 aromatic heterocycles. The number of aromatic nitrogens is 1. The maximum Gasteiger partial charge on any atom is 0.289 e. The molecule has 1 aliphatic carbocycles. The van der Waals surface area contributed by atoms with E-state index in [9.17, 15) is 4.79 Å². The number of rotatable bonds is 5. The molecule has 0 spiro atoms. The Morgan fingerprint density at radius 1 is 1.08 bits per heavy atom. The van der Waals surface area contributed by atoms with Crippen LogP contribution in [0.2, 0.25) is 0 Å². The van der Waals surface area contributed by atoms with Crippen LogP contribution in [0.3, 0.4) is 0 Å². The van der Waals surface area contributed by atoms with Crippen LogP contribution in [-0.2, 0) is 6.54 Å². The van der Waals surface area contributed by atoms with Gasteiger partial charge in [0.1, 0.15) is 5.58 Å². The van der Waals surface area contributed by atoms with Crippen LogP contribution in [0.25, 0.3) is 11.0 Å². The first-order valence-electron chi connectivity index (χ1n) is 9.47. The van der Waals surface area contributed by atoms with Crippen LogP contribution < -0.4 is 0 Å². The molecule has 4 rings (SSSR count). The van der Waals surface area contributed by atoms with E-state index in [4.69, 9.17) is 4.42 Å². The largest absolute Gasteiger partial charge is 0.451 e. The van der Waals surface area contributed by atoms with Gasteiger partial charge in [-0.25, -0.2) is 0 Å². The molecule has 0 N–H and O–H groups in total. The molecule has 0 saturated heterocycles. The van der Waals surface area contributed by atoms with Crippen molar-refractivity contribution in [3.8, 4) is 0 Å². The summed E-state index contributed by atoms with van der Waals surface area (Å²) >= 11 is 0. The monoisotopic (exact) mass is 348 g/mol. The molecule has 4 nitrogen and oxygen atoms in total. The molecule has 1 amide bonds. The van der Waals surface area contributed by atoms with Gasteiger partial charge < -0.3 is 9.32 Å². The molecule has 0 bridgehead atoms. The van der Waals surface area contributed by atoms with Gasteiger partial charge in [0.2, 0.25) is 0 Å². The zero-order chi connectivity index (χ0) is 17.8. The van der Waals surface area contributed by atoms with Crippen molar-refractivity contribution in [2.75, 3.05) is 6.54 Å². The maximum absolute atomic E-state index is 13.2. The summed E-state index contributed by atoms with van der Waals surface area (Å²) in [4.78, 5) is 19.5. The van der Waals surface area contributed by atoms with Crippen LogP contribution in [0.4, 0.5) is 0 Å². The minimum atomic E-state index is -0.0440. The molecule has 134 valence electrons. The van der Waals surface area contributed by atoms with Gasteiger partial charge in [-0.15, -0.1) is 0 Å². The van der Waals surface area contributed by atoms with Crippen LogP contribution in [0.15, 0.2) is 59.1 Å². The number of furan rings is 1. The molecule has 0 radical (unpaired) electrons. The van der Waals surface area contributed by atoms with Crippen molar-refractivity contribution in [1.29, 1.82) is 0 Å². The van der Waals surface area contributed by atoms with Crippen molar-refractivity contribution >= 4 is 16.9 Å². The van der Waals surface area contributed by atoms with Crippen molar-refractivity contribution in [3.05, 3.63) is 66.2 Å². The Hall–Kier alpha value is -2.62. The number of hydrogen-bond donors (Lipinski definition) is 0. The van der Waals surface area contributed by atoms with Gasteiger partial charge in [0.15, 0.2) is 5.76 Å². The van der Waals surface area contributed by atoms with Crippen molar-refractivity contribution in [2.45, 2.75) is 38.6 Å². The molecule has 0 aliphatic heterocycles. The van der Waals surface area contributed by atoms with Gasteiger partial charge >= 0.3 is 0 Å². The van der Waals surface area contributed by atoms with Gasteiger partial charge in [-0.05, 0) is 43.0 Å². The van der Waals surface area contributed by atoms with Crippen LogP contribution in [-0.4, -0.2) is 22.3 Å². The summed E-state index contributed by atoms with van der Waals surface area (Å²) in [6.07, 6.45) is 8.02. The summed E-state index contributed by atoms with van der Waals surface area (Å²) < 4.78 is 5.83. The fraction of sp³-hybridized carbons (Fsp3) is 0.364. The number of hydrogen-bond acceptors (Lipinski definition) is 3. The predicted molar refractivity (Wildman–Crippen MR) is 102 cm³/mol. The Labute approximate surface area is 153 Å². The highest BCUT2D eigenvalue weighted by Crippen LogP contribution is 2.26. The topological polar surface area (TPSA) is 46.3 Å². The van der Waals surface area contributed by atoms with Gasteiger partial charge in [-0.1, -0.05) is 43.5 Å². The lowest BCUT2D eigenvalue weighted by atomic mass is 9.89. The van der Waals surface area contributed by atoms with Crippen molar-refractivity contribution in [3.63, 3.8) is 0 Å².